The summed E-state index contributed by atoms with van der Waals surface area (Å²) in [4.78, 5) is 0. The average Bonchev–Trinajstić information content (AvgIpc) is 1.59. The fraction of sp³-hybridized carbons (Fsp3) is 0. The first-order valence-corrected chi connectivity index (χ1v) is 3.77. The zero-order valence-electron chi connectivity index (χ0n) is 4.29. The molecule has 1 aromatic carbocycles. The molecule has 0 aliphatic rings. The van der Waals surface area contributed by atoms with E-state index in [-0.39, 0.29) is 0 Å². The Morgan fingerprint density at radius 2 is 2.00 bits per heavy atom. The van der Waals surface area contributed by atoms with Crippen LogP contribution in [0.4, 0.5) is 0 Å². The van der Waals surface area contributed by atoms with Crippen molar-refractivity contribution >= 4 is 39.1 Å². The van der Waals surface area contributed by atoms with E-state index in [1.54, 1.807) is 12.1 Å². The van der Waals surface area contributed by atoms with Crippen LogP contribution in [0.15, 0.2) is 16.6 Å². The predicted molar refractivity (Wildman–Crippen MR) is 43.0 cm³/mol. The highest BCUT2D eigenvalue weighted by Gasteiger charge is 1.93. The van der Waals surface area contributed by atoms with Gasteiger partial charge in [0.15, 0.2) is 0 Å². The van der Waals surface area contributed by atoms with Gasteiger partial charge in [0.05, 0.1) is 5.02 Å². The first kappa shape index (κ1) is 7.39. The molecule has 1 rings (SSSR count). The van der Waals surface area contributed by atoms with Crippen molar-refractivity contribution < 1.29 is 0 Å². The predicted octanol–water partition coefficient (Wildman–Crippen LogP) is 3.56. The third-order valence-corrected chi connectivity index (χ3v) is 1.62. The van der Waals surface area contributed by atoms with Crippen molar-refractivity contribution in [2.75, 3.05) is 0 Å². The van der Waals surface area contributed by atoms with Gasteiger partial charge in [-0.25, -0.2) is 0 Å². The fourth-order valence-corrected chi connectivity index (χ4v) is 1.67. The van der Waals surface area contributed by atoms with Crippen LogP contribution in [0.2, 0.25) is 10.0 Å². The SMILES string of the molecule is Clc1[c]c(Br)cc(Cl)c1. The van der Waals surface area contributed by atoms with Crippen molar-refractivity contribution in [2.45, 2.75) is 0 Å². The summed E-state index contributed by atoms with van der Waals surface area (Å²) in [5.74, 6) is 0. The van der Waals surface area contributed by atoms with Gasteiger partial charge in [0.1, 0.15) is 0 Å². The fourth-order valence-electron chi connectivity index (χ4n) is 0.470. The van der Waals surface area contributed by atoms with E-state index >= 15 is 0 Å². The van der Waals surface area contributed by atoms with E-state index in [0.717, 1.165) is 4.47 Å². The summed E-state index contributed by atoms with van der Waals surface area (Å²) < 4.78 is 0.778. The van der Waals surface area contributed by atoms with Crippen molar-refractivity contribution in [1.82, 2.24) is 0 Å². The highest BCUT2D eigenvalue weighted by molar-refractivity contribution is 9.10. The molecule has 0 aromatic heterocycles. The van der Waals surface area contributed by atoms with Crippen LogP contribution in [-0.2, 0) is 0 Å². The Kier molecular flexibility index (Phi) is 2.39. The lowest BCUT2D eigenvalue weighted by atomic mass is 10.4. The average molecular weight is 225 g/mol. The van der Waals surface area contributed by atoms with Gasteiger partial charge in [-0.2, -0.15) is 0 Å². The monoisotopic (exact) mass is 223 g/mol. The van der Waals surface area contributed by atoms with E-state index in [4.69, 9.17) is 23.2 Å². The Bertz CT molecular complexity index is 172. The van der Waals surface area contributed by atoms with Crippen molar-refractivity contribution in [3.8, 4) is 0 Å². The van der Waals surface area contributed by atoms with E-state index in [9.17, 15) is 0 Å². The Labute approximate surface area is 71.9 Å². The Morgan fingerprint density at radius 1 is 1.33 bits per heavy atom. The second-order valence-corrected chi connectivity index (χ2v) is 3.19. The molecule has 0 saturated carbocycles. The van der Waals surface area contributed by atoms with E-state index < -0.39 is 0 Å². The van der Waals surface area contributed by atoms with Crippen LogP contribution in [0.5, 0.6) is 0 Å². The molecule has 0 unspecified atom stereocenters. The van der Waals surface area contributed by atoms with Crippen molar-refractivity contribution in [3.05, 3.63) is 32.7 Å². The topological polar surface area (TPSA) is 0 Å². The number of hydrogen-bond acceptors (Lipinski definition) is 0. The summed E-state index contributed by atoms with van der Waals surface area (Å²) in [6.45, 7) is 0. The summed E-state index contributed by atoms with van der Waals surface area (Å²) in [6, 6.07) is 6.17. The third kappa shape index (κ3) is 2.17. The van der Waals surface area contributed by atoms with Gasteiger partial charge >= 0.3 is 0 Å². The normalized spacial score (nSPS) is 9.67. The van der Waals surface area contributed by atoms with Crippen molar-refractivity contribution in [1.29, 1.82) is 0 Å². The van der Waals surface area contributed by atoms with Crippen LogP contribution in [0.1, 0.15) is 0 Å². The van der Waals surface area contributed by atoms with E-state index in [1.807, 2.05) is 0 Å². The third-order valence-electron chi connectivity index (χ3n) is 0.768. The molecule has 0 amide bonds. The molecule has 0 aliphatic heterocycles. The largest absolute Gasteiger partial charge is 0.0842 e. The molecule has 0 bridgehead atoms. The minimum absolute atomic E-state index is 0.523. The van der Waals surface area contributed by atoms with Crippen LogP contribution in [0.3, 0.4) is 0 Å². The standard InChI is InChI=1S/C6H2BrCl2/c7-4-1-5(8)3-6(9)2-4/h1,3H. The van der Waals surface area contributed by atoms with Gasteiger partial charge < -0.3 is 0 Å². The van der Waals surface area contributed by atoms with E-state index in [2.05, 4.69) is 22.0 Å². The van der Waals surface area contributed by atoms with Gasteiger partial charge in [-0.1, -0.05) is 39.1 Å². The van der Waals surface area contributed by atoms with Gasteiger partial charge in [-0.15, -0.1) is 0 Å². The zero-order chi connectivity index (χ0) is 6.85. The second kappa shape index (κ2) is 2.91. The molecule has 0 fully saturated rings. The molecule has 0 saturated heterocycles. The molecule has 0 aliphatic carbocycles. The minimum atomic E-state index is 0.523. The second-order valence-electron chi connectivity index (χ2n) is 1.49. The molecular weight excluding hydrogens is 223 g/mol. The highest BCUT2D eigenvalue weighted by Crippen LogP contribution is 2.21. The molecule has 9 heavy (non-hydrogen) atoms. The lowest BCUT2D eigenvalue weighted by Gasteiger charge is -1.91. The van der Waals surface area contributed by atoms with Crippen LogP contribution in [0.25, 0.3) is 0 Å². The summed E-state index contributed by atoms with van der Waals surface area (Å²) in [5, 5.41) is 1.14. The summed E-state index contributed by atoms with van der Waals surface area (Å²) in [7, 11) is 0. The molecule has 1 radical (unpaired) electrons. The minimum Gasteiger partial charge on any atom is -0.0842 e. The van der Waals surface area contributed by atoms with E-state index in [1.165, 1.54) is 0 Å². The lowest BCUT2D eigenvalue weighted by molar-refractivity contribution is 1.63. The zero-order valence-corrected chi connectivity index (χ0v) is 7.39. The van der Waals surface area contributed by atoms with Gasteiger partial charge in [0, 0.05) is 15.6 Å². The Hall–Kier alpha value is 0.280. The van der Waals surface area contributed by atoms with Crippen molar-refractivity contribution in [3.63, 3.8) is 0 Å². The van der Waals surface area contributed by atoms with Crippen LogP contribution >= 0.6 is 39.1 Å². The summed E-state index contributed by atoms with van der Waals surface area (Å²) in [5.41, 5.74) is 0. The van der Waals surface area contributed by atoms with Crippen LogP contribution in [0, 0.1) is 6.07 Å². The quantitative estimate of drug-likeness (QED) is 0.633. The maximum absolute atomic E-state index is 5.62. The smallest absolute Gasteiger partial charge is 0.0511 e. The number of hydrogen-bond donors (Lipinski definition) is 0. The van der Waals surface area contributed by atoms with Gasteiger partial charge in [-0.05, 0) is 12.1 Å². The molecule has 3 heteroatoms. The van der Waals surface area contributed by atoms with Crippen LogP contribution < -0.4 is 0 Å². The maximum atomic E-state index is 5.62. The summed E-state index contributed by atoms with van der Waals surface area (Å²) in [6.07, 6.45) is 0. The molecule has 0 atom stereocenters. The molecule has 0 N–H and O–H groups in total. The number of rotatable bonds is 0. The molecule has 0 nitrogen and oxygen atoms in total. The summed E-state index contributed by atoms with van der Waals surface area (Å²) >= 11 is 14.4. The molecule has 1 aromatic rings. The molecular formula is C6H2BrCl2. The van der Waals surface area contributed by atoms with Crippen LogP contribution in [-0.4, -0.2) is 0 Å². The first-order chi connectivity index (χ1) is 4.18. The molecule has 0 heterocycles. The Morgan fingerprint density at radius 3 is 2.44 bits per heavy atom. The van der Waals surface area contributed by atoms with Crippen molar-refractivity contribution in [2.24, 2.45) is 0 Å². The van der Waals surface area contributed by atoms with E-state index in [0.29, 0.717) is 10.0 Å². The highest BCUT2D eigenvalue weighted by atomic mass is 79.9. The van der Waals surface area contributed by atoms with Gasteiger partial charge in [-0.3, -0.25) is 0 Å². The maximum Gasteiger partial charge on any atom is 0.0511 e. The van der Waals surface area contributed by atoms with Gasteiger partial charge in [0.25, 0.3) is 0 Å². The Balaban J connectivity index is 3.17. The molecule has 47 valence electrons. The first-order valence-electron chi connectivity index (χ1n) is 2.22. The lowest BCUT2D eigenvalue weighted by Crippen LogP contribution is -1.67. The number of benzene rings is 1. The number of halogens is 3. The van der Waals surface area contributed by atoms with Gasteiger partial charge in [0.2, 0.25) is 0 Å². The molecule has 0 spiro atoms.